The fourth-order valence-corrected chi connectivity index (χ4v) is 1.46. The summed E-state index contributed by atoms with van der Waals surface area (Å²) >= 11 is 0. The van der Waals surface area contributed by atoms with E-state index in [1.54, 1.807) is 24.4 Å². The second-order valence-corrected chi connectivity index (χ2v) is 3.96. The molecule has 19 heavy (non-hydrogen) atoms. The number of pyridine rings is 1. The van der Waals surface area contributed by atoms with Gasteiger partial charge in [-0.05, 0) is 18.6 Å². The maximum atomic E-state index is 11.6. The van der Waals surface area contributed by atoms with Gasteiger partial charge in [0.1, 0.15) is 6.04 Å². The van der Waals surface area contributed by atoms with Crippen molar-refractivity contribution >= 4 is 17.8 Å². The third-order valence-corrected chi connectivity index (χ3v) is 2.38. The quantitative estimate of drug-likeness (QED) is 0.611. The van der Waals surface area contributed by atoms with Crippen LogP contribution in [-0.4, -0.2) is 33.9 Å². The highest BCUT2D eigenvalue weighted by Gasteiger charge is 2.20. The number of aromatic nitrogens is 1. The lowest BCUT2D eigenvalue weighted by Crippen LogP contribution is -2.42. The van der Waals surface area contributed by atoms with E-state index in [1.165, 1.54) is 0 Å². The Hall–Kier alpha value is -2.44. The summed E-state index contributed by atoms with van der Waals surface area (Å²) in [4.78, 5) is 37.1. The van der Waals surface area contributed by atoms with Crippen molar-refractivity contribution < 1.29 is 19.5 Å². The molecule has 7 heteroatoms. The van der Waals surface area contributed by atoms with E-state index in [2.05, 4.69) is 10.3 Å². The monoisotopic (exact) mass is 265 g/mol. The van der Waals surface area contributed by atoms with Crippen molar-refractivity contribution in [3.8, 4) is 0 Å². The standard InChI is InChI=1S/C12H15N3O4/c13-10(16)5-4-9(12(18)19)15-11(17)7-8-3-1-2-6-14-8/h1-3,6,9H,4-5,7H2,(H2,13,16)(H,15,17)(H,18,19)/t9-/m0/s1. The number of carboxylic acid groups (broad SMARTS) is 1. The predicted octanol–water partition coefficient (Wildman–Crippen LogP) is -0.541. The van der Waals surface area contributed by atoms with Gasteiger partial charge in [-0.3, -0.25) is 14.6 Å². The van der Waals surface area contributed by atoms with E-state index in [9.17, 15) is 14.4 Å². The number of hydrogen-bond acceptors (Lipinski definition) is 4. The van der Waals surface area contributed by atoms with E-state index >= 15 is 0 Å². The van der Waals surface area contributed by atoms with Gasteiger partial charge in [0, 0.05) is 18.3 Å². The first-order valence-corrected chi connectivity index (χ1v) is 5.69. The van der Waals surface area contributed by atoms with Crippen LogP contribution < -0.4 is 11.1 Å². The van der Waals surface area contributed by atoms with E-state index in [0.29, 0.717) is 5.69 Å². The van der Waals surface area contributed by atoms with Gasteiger partial charge >= 0.3 is 5.97 Å². The molecule has 0 saturated carbocycles. The molecule has 1 aromatic heterocycles. The van der Waals surface area contributed by atoms with Crippen molar-refractivity contribution in [1.29, 1.82) is 0 Å². The Morgan fingerprint density at radius 3 is 2.63 bits per heavy atom. The molecule has 0 aromatic carbocycles. The number of amides is 2. The van der Waals surface area contributed by atoms with Crippen LogP contribution in [-0.2, 0) is 20.8 Å². The Kier molecular flexibility index (Phi) is 5.46. The summed E-state index contributed by atoms with van der Waals surface area (Å²) in [5.74, 6) is -2.27. The Morgan fingerprint density at radius 1 is 1.37 bits per heavy atom. The molecular weight excluding hydrogens is 250 g/mol. The molecule has 0 saturated heterocycles. The van der Waals surface area contributed by atoms with Crippen LogP contribution >= 0.6 is 0 Å². The molecule has 0 fully saturated rings. The summed E-state index contributed by atoms with van der Waals surface area (Å²) in [7, 11) is 0. The highest BCUT2D eigenvalue weighted by molar-refractivity contribution is 5.85. The number of carboxylic acids is 1. The van der Waals surface area contributed by atoms with Gasteiger partial charge in [-0.2, -0.15) is 0 Å². The minimum absolute atomic E-state index is 0.0127. The largest absolute Gasteiger partial charge is 0.480 e. The summed E-state index contributed by atoms with van der Waals surface area (Å²) in [6.07, 6.45) is 1.41. The van der Waals surface area contributed by atoms with Gasteiger partial charge in [-0.25, -0.2) is 4.79 Å². The van der Waals surface area contributed by atoms with Crippen LogP contribution in [0.15, 0.2) is 24.4 Å². The van der Waals surface area contributed by atoms with Gasteiger partial charge in [0.15, 0.2) is 0 Å². The normalized spacial score (nSPS) is 11.6. The van der Waals surface area contributed by atoms with Crippen LogP contribution in [0.2, 0.25) is 0 Å². The number of primary amides is 1. The van der Waals surface area contributed by atoms with Crippen LogP contribution in [0.4, 0.5) is 0 Å². The molecule has 1 atom stereocenters. The van der Waals surface area contributed by atoms with Gasteiger partial charge in [-0.15, -0.1) is 0 Å². The number of rotatable bonds is 7. The molecule has 0 aliphatic carbocycles. The molecule has 2 amide bonds. The first-order valence-electron chi connectivity index (χ1n) is 5.69. The van der Waals surface area contributed by atoms with E-state index in [0.717, 1.165) is 0 Å². The Morgan fingerprint density at radius 2 is 2.11 bits per heavy atom. The lowest BCUT2D eigenvalue weighted by atomic mass is 10.1. The molecule has 1 aromatic rings. The van der Waals surface area contributed by atoms with Gasteiger partial charge in [0.05, 0.1) is 6.42 Å². The number of nitrogens with one attached hydrogen (secondary N) is 1. The lowest BCUT2D eigenvalue weighted by molar-refractivity contribution is -0.142. The number of carbonyl (C=O) groups is 3. The molecule has 0 spiro atoms. The zero-order valence-electron chi connectivity index (χ0n) is 10.2. The number of aliphatic carboxylic acids is 1. The Bertz CT molecular complexity index is 461. The molecule has 1 heterocycles. The van der Waals surface area contributed by atoms with Crippen LogP contribution in [0.5, 0.6) is 0 Å². The van der Waals surface area contributed by atoms with E-state index in [-0.39, 0.29) is 19.3 Å². The molecule has 0 aliphatic heterocycles. The number of hydrogen-bond donors (Lipinski definition) is 3. The minimum atomic E-state index is -1.20. The number of nitrogens with zero attached hydrogens (tertiary/aromatic N) is 1. The fraction of sp³-hybridized carbons (Fsp3) is 0.333. The minimum Gasteiger partial charge on any atom is -0.480 e. The molecule has 4 N–H and O–H groups in total. The van der Waals surface area contributed by atoms with Gasteiger partial charge in [-0.1, -0.05) is 6.07 Å². The third-order valence-electron chi connectivity index (χ3n) is 2.38. The molecule has 0 unspecified atom stereocenters. The average Bonchev–Trinajstić information content (AvgIpc) is 2.35. The molecule has 0 bridgehead atoms. The van der Waals surface area contributed by atoms with Gasteiger partial charge in [0.25, 0.3) is 0 Å². The summed E-state index contributed by atoms with van der Waals surface area (Å²) in [6, 6.07) is 3.99. The van der Waals surface area contributed by atoms with Crippen LogP contribution in [0.25, 0.3) is 0 Å². The van der Waals surface area contributed by atoms with Gasteiger partial charge in [0.2, 0.25) is 11.8 Å². The summed E-state index contributed by atoms with van der Waals surface area (Å²) in [5, 5.41) is 11.3. The maximum absolute atomic E-state index is 11.6. The second kappa shape index (κ2) is 7.10. The number of nitrogens with two attached hydrogens (primary N) is 1. The molecule has 0 radical (unpaired) electrons. The van der Waals surface area contributed by atoms with Crippen molar-refractivity contribution in [3.05, 3.63) is 30.1 Å². The van der Waals surface area contributed by atoms with E-state index < -0.39 is 23.8 Å². The second-order valence-electron chi connectivity index (χ2n) is 3.96. The Balaban J connectivity index is 2.52. The molecular formula is C12H15N3O4. The first-order chi connectivity index (χ1) is 8.99. The van der Waals surface area contributed by atoms with Gasteiger partial charge < -0.3 is 16.2 Å². The smallest absolute Gasteiger partial charge is 0.326 e. The SMILES string of the molecule is NC(=O)CC[C@H](NC(=O)Cc1ccccn1)C(=O)O. The van der Waals surface area contributed by atoms with E-state index in [4.69, 9.17) is 10.8 Å². The lowest BCUT2D eigenvalue weighted by Gasteiger charge is -2.13. The van der Waals surface area contributed by atoms with Crippen molar-refractivity contribution in [3.63, 3.8) is 0 Å². The van der Waals surface area contributed by atoms with Crippen LogP contribution in [0, 0.1) is 0 Å². The predicted molar refractivity (Wildman–Crippen MR) is 65.9 cm³/mol. The Labute approximate surface area is 109 Å². The fourth-order valence-electron chi connectivity index (χ4n) is 1.46. The van der Waals surface area contributed by atoms with Crippen LogP contribution in [0.3, 0.4) is 0 Å². The third kappa shape index (κ3) is 5.62. The zero-order valence-corrected chi connectivity index (χ0v) is 10.2. The van der Waals surface area contributed by atoms with Crippen molar-refractivity contribution in [2.75, 3.05) is 0 Å². The van der Waals surface area contributed by atoms with Crippen LogP contribution in [0.1, 0.15) is 18.5 Å². The summed E-state index contributed by atoms with van der Waals surface area (Å²) < 4.78 is 0. The molecule has 102 valence electrons. The summed E-state index contributed by atoms with van der Waals surface area (Å²) in [6.45, 7) is 0. The first kappa shape index (κ1) is 14.6. The number of carbonyl (C=O) groups excluding carboxylic acids is 2. The van der Waals surface area contributed by atoms with Crippen molar-refractivity contribution in [2.24, 2.45) is 5.73 Å². The molecule has 7 nitrogen and oxygen atoms in total. The zero-order chi connectivity index (χ0) is 14.3. The van der Waals surface area contributed by atoms with Crippen molar-refractivity contribution in [1.82, 2.24) is 10.3 Å². The maximum Gasteiger partial charge on any atom is 0.326 e. The highest BCUT2D eigenvalue weighted by atomic mass is 16.4. The average molecular weight is 265 g/mol. The van der Waals surface area contributed by atoms with Crippen molar-refractivity contribution in [2.45, 2.75) is 25.3 Å². The molecule has 1 rings (SSSR count). The topological polar surface area (TPSA) is 122 Å². The highest BCUT2D eigenvalue weighted by Crippen LogP contribution is 2.00. The van der Waals surface area contributed by atoms with E-state index in [1.807, 2.05) is 0 Å². The molecule has 0 aliphatic rings. The summed E-state index contributed by atoms with van der Waals surface area (Å²) in [5.41, 5.74) is 5.48.